The van der Waals surface area contributed by atoms with E-state index in [0.717, 1.165) is 11.1 Å². The molecule has 1 fully saturated rings. The summed E-state index contributed by atoms with van der Waals surface area (Å²) in [5, 5.41) is 2.45. The van der Waals surface area contributed by atoms with Crippen molar-refractivity contribution in [3.63, 3.8) is 0 Å². The van der Waals surface area contributed by atoms with Crippen molar-refractivity contribution in [1.82, 2.24) is 10.9 Å². The van der Waals surface area contributed by atoms with Gasteiger partial charge in [-0.05, 0) is 47.7 Å². The van der Waals surface area contributed by atoms with Crippen LogP contribution in [0.1, 0.15) is 44.7 Å². The molecule has 1 saturated heterocycles. The van der Waals surface area contributed by atoms with Crippen LogP contribution in [0.15, 0.2) is 42.0 Å². The van der Waals surface area contributed by atoms with Crippen LogP contribution in [0, 0.1) is 0 Å². The second-order valence-corrected chi connectivity index (χ2v) is 6.71. The Labute approximate surface area is 131 Å². The van der Waals surface area contributed by atoms with E-state index in [0.29, 0.717) is 5.92 Å². The van der Waals surface area contributed by atoms with Crippen molar-refractivity contribution >= 4 is 22.8 Å². The highest BCUT2D eigenvalue weighted by molar-refractivity contribution is 6.04. The number of hydrogen-bond acceptors (Lipinski definition) is 2. The molecule has 0 unspecified atom stereocenters. The molecule has 1 aliphatic rings. The van der Waals surface area contributed by atoms with Gasteiger partial charge in [-0.25, -0.2) is 5.43 Å². The van der Waals surface area contributed by atoms with Gasteiger partial charge in [-0.1, -0.05) is 50.2 Å². The number of carbonyl (C=O) groups is 1. The largest absolute Gasteiger partial charge is 0.287 e. The van der Waals surface area contributed by atoms with E-state index in [-0.39, 0.29) is 11.4 Å². The molecule has 114 valence electrons. The number of hydrazine groups is 1. The van der Waals surface area contributed by atoms with E-state index in [1.54, 1.807) is 0 Å². The summed E-state index contributed by atoms with van der Waals surface area (Å²) in [6, 6.07) is 12.7. The first kappa shape index (κ1) is 14.8. The average molecular weight is 294 g/mol. The maximum Gasteiger partial charge on any atom is 0.263 e. The Bertz CT molecular complexity index is 767. The maximum atomic E-state index is 12.1. The minimum absolute atomic E-state index is 0.0518. The van der Waals surface area contributed by atoms with Crippen LogP contribution in [0.5, 0.6) is 0 Å². The van der Waals surface area contributed by atoms with E-state index in [4.69, 9.17) is 0 Å². The first-order chi connectivity index (χ1) is 10.4. The number of nitrogens with one attached hydrogen (secondary N) is 2. The van der Waals surface area contributed by atoms with Gasteiger partial charge in [-0.3, -0.25) is 10.2 Å². The predicted molar refractivity (Wildman–Crippen MR) is 91.4 cm³/mol. The highest BCUT2D eigenvalue weighted by atomic mass is 16.2. The standard InChI is InChI=1S/C19H22N2O/c1-12(2)15-10-6-8-13-7-5-9-14(17(13)15)11-16-18(22)20-21-19(16,3)4/h5-12,21H,1-4H3,(H,20,22)/b16-11+. The molecule has 22 heavy (non-hydrogen) atoms. The third-order valence-corrected chi connectivity index (χ3v) is 4.30. The fourth-order valence-corrected chi connectivity index (χ4v) is 3.03. The Kier molecular flexibility index (Phi) is 3.53. The number of hydrogen-bond donors (Lipinski definition) is 2. The van der Waals surface area contributed by atoms with Gasteiger partial charge in [0.2, 0.25) is 0 Å². The number of fused-ring (bicyclic) bond motifs is 1. The zero-order chi connectivity index (χ0) is 15.9. The normalized spacial score (nSPS) is 19.1. The average Bonchev–Trinajstić information content (AvgIpc) is 2.73. The highest BCUT2D eigenvalue weighted by Crippen LogP contribution is 2.31. The molecule has 0 radical (unpaired) electrons. The van der Waals surface area contributed by atoms with E-state index in [9.17, 15) is 4.79 Å². The first-order valence-electron chi connectivity index (χ1n) is 7.71. The Morgan fingerprint density at radius 2 is 1.77 bits per heavy atom. The summed E-state index contributed by atoms with van der Waals surface area (Å²) in [6.45, 7) is 8.41. The summed E-state index contributed by atoms with van der Waals surface area (Å²) in [7, 11) is 0. The molecule has 0 spiro atoms. The lowest BCUT2D eigenvalue weighted by atomic mass is 9.89. The second-order valence-electron chi connectivity index (χ2n) is 6.71. The molecule has 0 bridgehead atoms. The molecular weight excluding hydrogens is 272 g/mol. The van der Waals surface area contributed by atoms with Gasteiger partial charge in [-0.15, -0.1) is 0 Å². The van der Waals surface area contributed by atoms with Gasteiger partial charge < -0.3 is 0 Å². The summed E-state index contributed by atoms with van der Waals surface area (Å²) < 4.78 is 0. The van der Waals surface area contributed by atoms with Gasteiger partial charge in [0.1, 0.15) is 0 Å². The summed E-state index contributed by atoms with van der Waals surface area (Å²) in [6.07, 6.45) is 2.02. The van der Waals surface area contributed by atoms with E-state index in [2.05, 4.69) is 55.0 Å². The molecule has 3 nitrogen and oxygen atoms in total. The molecule has 2 aromatic rings. The molecule has 1 aliphatic heterocycles. The molecule has 0 aromatic heterocycles. The van der Waals surface area contributed by atoms with Gasteiger partial charge in [0.15, 0.2) is 0 Å². The zero-order valence-corrected chi connectivity index (χ0v) is 13.5. The van der Waals surface area contributed by atoms with Crippen molar-refractivity contribution in [3.05, 3.63) is 53.1 Å². The van der Waals surface area contributed by atoms with E-state index in [1.807, 2.05) is 26.0 Å². The number of amides is 1. The lowest BCUT2D eigenvalue weighted by molar-refractivity contribution is -0.116. The summed E-state index contributed by atoms with van der Waals surface area (Å²) in [5.41, 5.74) is 8.55. The van der Waals surface area contributed by atoms with Crippen LogP contribution >= 0.6 is 0 Å². The van der Waals surface area contributed by atoms with Gasteiger partial charge >= 0.3 is 0 Å². The molecule has 3 heteroatoms. The highest BCUT2D eigenvalue weighted by Gasteiger charge is 2.35. The van der Waals surface area contributed by atoms with Crippen LogP contribution in [-0.4, -0.2) is 11.4 Å². The molecule has 2 aromatic carbocycles. The maximum absolute atomic E-state index is 12.1. The quantitative estimate of drug-likeness (QED) is 0.828. The van der Waals surface area contributed by atoms with Crippen molar-refractivity contribution in [2.24, 2.45) is 0 Å². The Balaban J connectivity index is 2.26. The molecule has 1 amide bonds. The SMILES string of the molecule is CC(C)c1cccc2cccc(/C=C3\C(=O)NNC3(C)C)c12. The second kappa shape index (κ2) is 5.25. The number of carbonyl (C=O) groups excluding carboxylic acids is 1. The Hall–Kier alpha value is -2.13. The molecule has 0 atom stereocenters. The summed E-state index contributed by atoms with van der Waals surface area (Å²) >= 11 is 0. The number of benzene rings is 2. The Morgan fingerprint density at radius 1 is 1.09 bits per heavy atom. The Morgan fingerprint density at radius 3 is 2.36 bits per heavy atom. The summed E-state index contributed by atoms with van der Waals surface area (Å²) in [4.78, 5) is 12.1. The minimum Gasteiger partial charge on any atom is -0.287 e. The van der Waals surface area contributed by atoms with Crippen molar-refractivity contribution in [2.45, 2.75) is 39.2 Å². The van der Waals surface area contributed by atoms with E-state index in [1.165, 1.54) is 16.3 Å². The van der Waals surface area contributed by atoms with Crippen LogP contribution in [0.4, 0.5) is 0 Å². The molecule has 0 saturated carbocycles. The van der Waals surface area contributed by atoms with Crippen molar-refractivity contribution in [2.75, 3.05) is 0 Å². The van der Waals surface area contributed by atoms with Crippen LogP contribution in [0.2, 0.25) is 0 Å². The molecule has 0 aliphatic carbocycles. The number of rotatable bonds is 2. The monoisotopic (exact) mass is 294 g/mol. The molecule has 3 rings (SSSR count). The molecule has 1 heterocycles. The van der Waals surface area contributed by atoms with E-state index < -0.39 is 0 Å². The molecule has 2 N–H and O–H groups in total. The van der Waals surface area contributed by atoms with Crippen molar-refractivity contribution in [3.8, 4) is 0 Å². The van der Waals surface area contributed by atoms with Crippen molar-refractivity contribution in [1.29, 1.82) is 0 Å². The predicted octanol–water partition coefficient (Wildman–Crippen LogP) is 3.76. The third-order valence-electron chi connectivity index (χ3n) is 4.30. The van der Waals surface area contributed by atoms with Crippen LogP contribution in [-0.2, 0) is 4.79 Å². The van der Waals surface area contributed by atoms with Crippen LogP contribution in [0.3, 0.4) is 0 Å². The van der Waals surface area contributed by atoms with Crippen LogP contribution < -0.4 is 10.9 Å². The van der Waals surface area contributed by atoms with Crippen LogP contribution in [0.25, 0.3) is 16.8 Å². The fourth-order valence-electron chi connectivity index (χ4n) is 3.03. The fraction of sp³-hybridized carbons (Fsp3) is 0.316. The molecular formula is C19H22N2O. The van der Waals surface area contributed by atoms with Gasteiger partial charge in [0.05, 0.1) is 5.54 Å². The smallest absolute Gasteiger partial charge is 0.263 e. The summed E-state index contributed by atoms with van der Waals surface area (Å²) in [5.74, 6) is 0.385. The van der Waals surface area contributed by atoms with Gasteiger partial charge in [0.25, 0.3) is 5.91 Å². The van der Waals surface area contributed by atoms with E-state index >= 15 is 0 Å². The lowest BCUT2D eigenvalue weighted by Gasteiger charge is -2.18. The topological polar surface area (TPSA) is 41.1 Å². The van der Waals surface area contributed by atoms with Gasteiger partial charge in [0, 0.05) is 5.57 Å². The van der Waals surface area contributed by atoms with Crippen molar-refractivity contribution < 1.29 is 4.79 Å². The lowest BCUT2D eigenvalue weighted by Crippen LogP contribution is -2.38. The minimum atomic E-state index is -0.369. The third kappa shape index (κ3) is 2.42. The zero-order valence-electron chi connectivity index (χ0n) is 13.5. The first-order valence-corrected chi connectivity index (χ1v) is 7.71. The van der Waals surface area contributed by atoms with Gasteiger partial charge in [-0.2, -0.15) is 0 Å².